The molecule has 2 aliphatic rings. The van der Waals surface area contributed by atoms with Crippen molar-refractivity contribution in [1.29, 1.82) is 0 Å². The molecule has 94 valence electrons. The number of rotatable bonds is 4. The molecule has 0 saturated heterocycles. The number of hydrogen-bond donors (Lipinski definition) is 0. The lowest BCUT2D eigenvalue weighted by molar-refractivity contribution is -0.112. The summed E-state index contributed by atoms with van der Waals surface area (Å²) in [5.74, 6) is 0.864. The van der Waals surface area contributed by atoms with Gasteiger partial charge in [-0.05, 0) is 38.5 Å². The monoisotopic (exact) mass is 336 g/mol. The minimum atomic E-state index is 0.228. The van der Waals surface area contributed by atoms with Gasteiger partial charge in [-0.25, -0.2) is 0 Å². The van der Waals surface area contributed by atoms with Gasteiger partial charge in [0.05, 0.1) is 11.7 Å². The minimum absolute atomic E-state index is 0.228. The highest BCUT2D eigenvalue weighted by molar-refractivity contribution is 14.1. The molecule has 0 aromatic heterocycles. The number of alkyl halides is 1. The molecular weight excluding hydrogens is 311 g/mol. The molecule has 2 fully saturated rings. The van der Waals surface area contributed by atoms with Gasteiger partial charge in [0.25, 0.3) is 0 Å². The van der Waals surface area contributed by atoms with Gasteiger partial charge in [0.1, 0.15) is 0 Å². The SMILES string of the molecule is CC(OC1(CI)CCCCCC1)C1CCC1. The lowest BCUT2D eigenvalue weighted by atomic mass is 9.81. The highest BCUT2D eigenvalue weighted by Crippen LogP contribution is 2.38. The van der Waals surface area contributed by atoms with Gasteiger partial charge in [-0.15, -0.1) is 0 Å². The van der Waals surface area contributed by atoms with Gasteiger partial charge < -0.3 is 4.74 Å². The molecule has 1 atom stereocenters. The third-order valence-electron chi connectivity index (χ3n) is 4.51. The molecule has 0 amide bonds. The maximum Gasteiger partial charge on any atom is 0.0775 e. The van der Waals surface area contributed by atoms with Crippen LogP contribution in [0.3, 0.4) is 0 Å². The van der Waals surface area contributed by atoms with Gasteiger partial charge in [-0.2, -0.15) is 0 Å². The molecule has 0 heterocycles. The standard InChI is InChI=1S/C14H25IO/c1-12(13-7-6-8-13)16-14(11-15)9-4-2-3-5-10-14/h12-13H,2-11H2,1H3. The van der Waals surface area contributed by atoms with Crippen molar-refractivity contribution in [3.63, 3.8) is 0 Å². The smallest absolute Gasteiger partial charge is 0.0775 e. The zero-order chi connectivity index (χ0) is 11.4. The molecule has 0 bridgehead atoms. The Morgan fingerprint density at radius 2 is 1.75 bits per heavy atom. The van der Waals surface area contributed by atoms with E-state index < -0.39 is 0 Å². The summed E-state index contributed by atoms with van der Waals surface area (Å²) in [6.07, 6.45) is 12.9. The highest BCUT2D eigenvalue weighted by Gasteiger charge is 2.35. The van der Waals surface area contributed by atoms with E-state index >= 15 is 0 Å². The zero-order valence-electron chi connectivity index (χ0n) is 10.5. The normalized spacial score (nSPS) is 28.1. The summed E-state index contributed by atoms with van der Waals surface area (Å²) < 4.78 is 7.69. The van der Waals surface area contributed by atoms with Gasteiger partial charge in [0, 0.05) is 4.43 Å². The first-order chi connectivity index (χ1) is 7.76. The molecule has 1 nitrogen and oxygen atoms in total. The van der Waals surface area contributed by atoms with Gasteiger partial charge in [-0.3, -0.25) is 0 Å². The van der Waals surface area contributed by atoms with Crippen LogP contribution in [0.5, 0.6) is 0 Å². The molecule has 0 aromatic rings. The minimum Gasteiger partial charge on any atom is -0.371 e. The van der Waals surface area contributed by atoms with E-state index in [-0.39, 0.29) is 5.60 Å². The fourth-order valence-corrected chi connectivity index (χ4v) is 4.00. The summed E-state index contributed by atoms with van der Waals surface area (Å²) >= 11 is 2.54. The Hall–Kier alpha value is 0.690. The van der Waals surface area contributed by atoms with Crippen molar-refractivity contribution in [2.24, 2.45) is 5.92 Å². The summed E-state index contributed by atoms with van der Waals surface area (Å²) in [5.41, 5.74) is 0.228. The van der Waals surface area contributed by atoms with E-state index in [1.807, 2.05) is 0 Å². The van der Waals surface area contributed by atoms with Crippen molar-refractivity contribution in [3.8, 4) is 0 Å². The molecule has 0 aromatic carbocycles. The van der Waals surface area contributed by atoms with E-state index in [9.17, 15) is 0 Å². The van der Waals surface area contributed by atoms with Gasteiger partial charge in [0.2, 0.25) is 0 Å². The third-order valence-corrected chi connectivity index (χ3v) is 5.90. The number of halogens is 1. The van der Waals surface area contributed by atoms with Crippen LogP contribution in [-0.2, 0) is 4.74 Å². The Kier molecular flexibility index (Phi) is 4.95. The Labute approximate surface area is 114 Å². The van der Waals surface area contributed by atoms with Crippen LogP contribution < -0.4 is 0 Å². The van der Waals surface area contributed by atoms with Crippen molar-refractivity contribution < 1.29 is 4.74 Å². The largest absolute Gasteiger partial charge is 0.371 e. The fraction of sp³-hybridized carbons (Fsp3) is 1.00. The van der Waals surface area contributed by atoms with Crippen LogP contribution in [0, 0.1) is 5.92 Å². The van der Waals surface area contributed by atoms with E-state index in [4.69, 9.17) is 4.74 Å². The molecule has 0 radical (unpaired) electrons. The molecule has 2 aliphatic carbocycles. The maximum atomic E-state index is 6.50. The predicted octanol–water partition coefficient (Wildman–Crippen LogP) is 4.72. The Morgan fingerprint density at radius 3 is 2.19 bits per heavy atom. The van der Waals surface area contributed by atoms with Crippen molar-refractivity contribution in [2.75, 3.05) is 4.43 Å². The Bertz CT molecular complexity index is 205. The second-order valence-electron chi connectivity index (χ2n) is 5.74. The molecule has 2 rings (SSSR count). The van der Waals surface area contributed by atoms with Crippen LogP contribution >= 0.6 is 22.6 Å². The summed E-state index contributed by atoms with van der Waals surface area (Å²) in [6, 6.07) is 0. The van der Waals surface area contributed by atoms with E-state index in [1.165, 1.54) is 62.2 Å². The third kappa shape index (κ3) is 3.12. The van der Waals surface area contributed by atoms with Gasteiger partial charge >= 0.3 is 0 Å². The molecular formula is C14H25IO. The summed E-state index contributed by atoms with van der Waals surface area (Å²) in [6.45, 7) is 2.31. The molecule has 0 aliphatic heterocycles. The zero-order valence-corrected chi connectivity index (χ0v) is 12.7. The van der Waals surface area contributed by atoms with Crippen LogP contribution in [0.4, 0.5) is 0 Å². The number of hydrogen-bond acceptors (Lipinski definition) is 1. The lowest BCUT2D eigenvalue weighted by Gasteiger charge is -2.40. The van der Waals surface area contributed by atoms with Crippen molar-refractivity contribution in [2.45, 2.75) is 76.4 Å². The summed E-state index contributed by atoms with van der Waals surface area (Å²) in [7, 11) is 0. The average molecular weight is 336 g/mol. The van der Waals surface area contributed by atoms with E-state index in [0.717, 1.165) is 5.92 Å². The van der Waals surface area contributed by atoms with E-state index in [2.05, 4.69) is 29.5 Å². The van der Waals surface area contributed by atoms with Gasteiger partial charge in [0.15, 0.2) is 0 Å². The average Bonchev–Trinajstić information content (AvgIpc) is 2.41. The first kappa shape index (κ1) is 13.1. The van der Waals surface area contributed by atoms with Crippen LogP contribution in [0.15, 0.2) is 0 Å². The van der Waals surface area contributed by atoms with Gasteiger partial charge in [-0.1, -0.05) is 54.7 Å². The fourth-order valence-electron chi connectivity index (χ4n) is 3.06. The van der Waals surface area contributed by atoms with Crippen molar-refractivity contribution in [3.05, 3.63) is 0 Å². The predicted molar refractivity (Wildman–Crippen MR) is 77.2 cm³/mol. The molecule has 2 saturated carbocycles. The van der Waals surface area contributed by atoms with E-state index in [1.54, 1.807) is 0 Å². The Balaban J connectivity index is 1.90. The molecule has 2 heteroatoms. The number of ether oxygens (including phenoxy) is 1. The van der Waals surface area contributed by atoms with Crippen molar-refractivity contribution >= 4 is 22.6 Å². The summed E-state index contributed by atoms with van der Waals surface area (Å²) in [4.78, 5) is 0. The van der Waals surface area contributed by atoms with E-state index in [0.29, 0.717) is 6.10 Å². The van der Waals surface area contributed by atoms with Crippen LogP contribution in [0.25, 0.3) is 0 Å². The van der Waals surface area contributed by atoms with Crippen molar-refractivity contribution in [1.82, 2.24) is 0 Å². The molecule has 1 unspecified atom stereocenters. The Morgan fingerprint density at radius 1 is 1.12 bits per heavy atom. The maximum absolute atomic E-state index is 6.50. The first-order valence-corrected chi connectivity index (χ1v) is 8.52. The lowest BCUT2D eigenvalue weighted by Crippen LogP contribution is -2.41. The molecule has 0 N–H and O–H groups in total. The molecule has 0 spiro atoms. The highest BCUT2D eigenvalue weighted by atomic mass is 127. The van der Waals surface area contributed by atoms with Crippen LogP contribution in [0.2, 0.25) is 0 Å². The first-order valence-electron chi connectivity index (χ1n) is 6.99. The molecule has 16 heavy (non-hydrogen) atoms. The summed E-state index contributed by atoms with van der Waals surface area (Å²) in [5, 5.41) is 0. The van der Waals surface area contributed by atoms with Crippen LogP contribution in [0.1, 0.15) is 64.7 Å². The second kappa shape index (κ2) is 6.03. The second-order valence-corrected chi connectivity index (χ2v) is 6.51. The quantitative estimate of drug-likeness (QED) is 0.410. The topological polar surface area (TPSA) is 9.23 Å². The van der Waals surface area contributed by atoms with Crippen LogP contribution in [-0.4, -0.2) is 16.1 Å².